The Balaban J connectivity index is 2.28. The zero-order valence-corrected chi connectivity index (χ0v) is 10.4. The molecule has 0 saturated heterocycles. The van der Waals surface area contributed by atoms with Gasteiger partial charge in [0.25, 0.3) is 0 Å². The number of hydrogen-bond acceptors (Lipinski definition) is 2. The van der Waals surface area contributed by atoms with Gasteiger partial charge in [0.2, 0.25) is 0 Å². The Hall–Kier alpha value is -2.22. The maximum Gasteiger partial charge on any atom is 0.124 e. The van der Waals surface area contributed by atoms with Gasteiger partial charge in [0.15, 0.2) is 0 Å². The van der Waals surface area contributed by atoms with Crippen molar-refractivity contribution in [3.8, 4) is 16.9 Å². The lowest BCUT2D eigenvalue weighted by molar-refractivity contribution is 0.474. The van der Waals surface area contributed by atoms with Crippen LogP contribution in [0.3, 0.4) is 0 Å². The highest BCUT2D eigenvalue weighted by atomic mass is 16.3. The number of fused-ring (bicyclic) bond motifs is 1. The summed E-state index contributed by atoms with van der Waals surface area (Å²) in [6, 6.07) is 9.49. The van der Waals surface area contributed by atoms with E-state index in [0.29, 0.717) is 5.76 Å². The van der Waals surface area contributed by atoms with Crippen LogP contribution in [0, 0.1) is 13.8 Å². The van der Waals surface area contributed by atoms with Crippen molar-refractivity contribution in [2.75, 3.05) is 0 Å². The minimum Gasteiger partial charge on any atom is -0.508 e. The van der Waals surface area contributed by atoms with Gasteiger partial charge in [-0.25, -0.2) is 0 Å². The van der Waals surface area contributed by atoms with E-state index in [0.717, 1.165) is 33.4 Å². The summed E-state index contributed by atoms with van der Waals surface area (Å²) in [7, 11) is 0. The second-order valence-corrected chi connectivity index (χ2v) is 4.75. The molecule has 90 valence electrons. The first-order chi connectivity index (χ1) is 8.58. The van der Waals surface area contributed by atoms with Gasteiger partial charge in [-0.15, -0.1) is 0 Å². The number of phenolic OH excluding ortho intramolecular Hbond substituents is 1. The van der Waals surface area contributed by atoms with Gasteiger partial charge in [0.1, 0.15) is 11.5 Å². The van der Waals surface area contributed by atoms with E-state index in [4.69, 9.17) is 0 Å². The van der Waals surface area contributed by atoms with Gasteiger partial charge in [-0.3, -0.25) is 0 Å². The highest BCUT2D eigenvalue weighted by molar-refractivity contribution is 5.99. The molecule has 0 aliphatic heterocycles. The summed E-state index contributed by atoms with van der Waals surface area (Å²) in [5, 5.41) is 19.4. The molecule has 18 heavy (non-hydrogen) atoms. The third kappa shape index (κ3) is 1.42. The predicted molar refractivity (Wildman–Crippen MR) is 73.5 cm³/mol. The molecule has 0 unspecified atom stereocenters. The van der Waals surface area contributed by atoms with Crippen LogP contribution in [0.4, 0.5) is 0 Å². The Kier molecular flexibility index (Phi) is 2.20. The van der Waals surface area contributed by atoms with Crippen molar-refractivity contribution in [2.45, 2.75) is 13.8 Å². The second-order valence-electron chi connectivity index (χ2n) is 4.75. The highest BCUT2D eigenvalue weighted by Crippen LogP contribution is 2.41. The molecule has 2 heteroatoms. The van der Waals surface area contributed by atoms with E-state index in [2.05, 4.69) is 0 Å². The third-order valence-corrected chi connectivity index (χ3v) is 3.43. The zero-order chi connectivity index (χ0) is 12.9. The van der Waals surface area contributed by atoms with E-state index in [9.17, 15) is 10.2 Å². The van der Waals surface area contributed by atoms with E-state index in [1.807, 2.05) is 32.0 Å². The van der Waals surface area contributed by atoms with Crippen molar-refractivity contribution in [3.63, 3.8) is 0 Å². The number of aliphatic hydroxyl groups is 1. The summed E-state index contributed by atoms with van der Waals surface area (Å²) in [5.41, 5.74) is 6.12. The van der Waals surface area contributed by atoms with Gasteiger partial charge in [-0.1, -0.05) is 18.2 Å². The lowest BCUT2D eigenvalue weighted by Gasteiger charge is -2.21. The topological polar surface area (TPSA) is 40.5 Å². The van der Waals surface area contributed by atoms with E-state index >= 15 is 0 Å². The van der Waals surface area contributed by atoms with Gasteiger partial charge in [-0.2, -0.15) is 0 Å². The van der Waals surface area contributed by atoms with Crippen molar-refractivity contribution in [2.24, 2.45) is 0 Å². The van der Waals surface area contributed by atoms with Gasteiger partial charge in [0, 0.05) is 5.56 Å². The fourth-order valence-electron chi connectivity index (χ4n) is 2.69. The summed E-state index contributed by atoms with van der Waals surface area (Å²) in [6.45, 7) is 3.95. The van der Waals surface area contributed by atoms with Crippen LogP contribution in [0.25, 0.3) is 23.0 Å². The number of hydrogen-bond donors (Lipinski definition) is 2. The standard InChI is InChI=1S/C16H14O2/c1-9-6-12(17)7-10(2)15(9)13-5-3-4-11-8-14(18)16(11)13/h3-8,17-18H,1-2H3. The van der Waals surface area contributed by atoms with Crippen molar-refractivity contribution in [1.29, 1.82) is 0 Å². The van der Waals surface area contributed by atoms with Crippen LogP contribution in [0.1, 0.15) is 22.3 Å². The molecule has 2 N–H and O–H groups in total. The van der Waals surface area contributed by atoms with Crippen molar-refractivity contribution >= 4 is 11.8 Å². The SMILES string of the molecule is Cc1cc(O)cc(C)c1-c1cccc2c1C(O)=C2. The lowest BCUT2D eigenvalue weighted by Crippen LogP contribution is -2.02. The summed E-state index contributed by atoms with van der Waals surface area (Å²) in [4.78, 5) is 0. The maximum atomic E-state index is 9.79. The third-order valence-electron chi connectivity index (χ3n) is 3.43. The van der Waals surface area contributed by atoms with Crippen LogP contribution in [0.15, 0.2) is 30.3 Å². The van der Waals surface area contributed by atoms with Crippen LogP contribution in [-0.4, -0.2) is 10.2 Å². The summed E-state index contributed by atoms with van der Waals surface area (Å²) in [6.07, 6.45) is 1.77. The molecule has 0 radical (unpaired) electrons. The molecular weight excluding hydrogens is 224 g/mol. The Morgan fingerprint density at radius 1 is 0.889 bits per heavy atom. The number of aryl methyl sites for hydroxylation is 2. The van der Waals surface area contributed by atoms with E-state index < -0.39 is 0 Å². The minimum atomic E-state index is 0.281. The fourth-order valence-corrected chi connectivity index (χ4v) is 2.69. The molecule has 1 aliphatic rings. The molecule has 0 atom stereocenters. The molecule has 3 rings (SSSR count). The largest absolute Gasteiger partial charge is 0.508 e. The van der Waals surface area contributed by atoms with Gasteiger partial charge < -0.3 is 10.2 Å². The van der Waals surface area contributed by atoms with E-state index in [1.165, 1.54) is 0 Å². The molecule has 0 amide bonds. The lowest BCUT2D eigenvalue weighted by atomic mass is 9.84. The monoisotopic (exact) mass is 238 g/mol. The first kappa shape index (κ1) is 10.9. The summed E-state index contributed by atoms with van der Waals surface area (Å²) in [5.74, 6) is 0.621. The normalized spacial score (nSPS) is 12.7. The quantitative estimate of drug-likeness (QED) is 0.787. The Morgan fingerprint density at radius 2 is 1.56 bits per heavy atom. The van der Waals surface area contributed by atoms with Crippen molar-refractivity contribution in [3.05, 3.63) is 52.6 Å². The number of aromatic hydroxyl groups is 1. The molecule has 0 aromatic heterocycles. The van der Waals surface area contributed by atoms with Gasteiger partial charge in [-0.05, 0) is 59.9 Å². The molecule has 0 bridgehead atoms. The van der Waals surface area contributed by atoms with Crippen LogP contribution >= 0.6 is 0 Å². The Bertz CT molecular complexity index is 658. The van der Waals surface area contributed by atoms with Gasteiger partial charge >= 0.3 is 0 Å². The molecule has 2 aromatic carbocycles. The molecule has 2 nitrogen and oxygen atoms in total. The van der Waals surface area contributed by atoms with Crippen LogP contribution in [-0.2, 0) is 0 Å². The average molecular weight is 238 g/mol. The Labute approximate surface area is 106 Å². The second kappa shape index (κ2) is 3.64. The smallest absolute Gasteiger partial charge is 0.124 e. The average Bonchev–Trinajstić information content (AvgIpc) is 2.25. The minimum absolute atomic E-state index is 0.281. The Morgan fingerprint density at radius 3 is 2.17 bits per heavy atom. The van der Waals surface area contributed by atoms with Crippen molar-refractivity contribution in [1.82, 2.24) is 0 Å². The number of rotatable bonds is 1. The van der Waals surface area contributed by atoms with Gasteiger partial charge in [0.05, 0.1) is 0 Å². The highest BCUT2D eigenvalue weighted by Gasteiger charge is 2.21. The number of benzene rings is 2. The molecule has 1 aliphatic carbocycles. The summed E-state index contributed by atoms with van der Waals surface area (Å²) < 4.78 is 0. The maximum absolute atomic E-state index is 9.79. The molecular formula is C16H14O2. The first-order valence-corrected chi connectivity index (χ1v) is 5.92. The molecule has 0 fully saturated rings. The molecule has 0 spiro atoms. The van der Waals surface area contributed by atoms with E-state index in [-0.39, 0.29) is 5.75 Å². The summed E-state index contributed by atoms with van der Waals surface area (Å²) >= 11 is 0. The molecule has 0 heterocycles. The molecule has 2 aromatic rings. The molecule has 0 saturated carbocycles. The van der Waals surface area contributed by atoms with Crippen LogP contribution in [0.5, 0.6) is 5.75 Å². The fraction of sp³-hybridized carbons (Fsp3) is 0.125. The predicted octanol–water partition coefficient (Wildman–Crippen LogP) is 4.05. The number of phenols is 1. The number of aliphatic hydroxyl groups excluding tert-OH is 1. The zero-order valence-electron chi connectivity index (χ0n) is 10.4. The van der Waals surface area contributed by atoms with Crippen LogP contribution < -0.4 is 0 Å². The van der Waals surface area contributed by atoms with E-state index in [1.54, 1.807) is 18.2 Å². The first-order valence-electron chi connectivity index (χ1n) is 5.92. The van der Waals surface area contributed by atoms with Crippen molar-refractivity contribution < 1.29 is 10.2 Å². The van der Waals surface area contributed by atoms with Crippen LogP contribution in [0.2, 0.25) is 0 Å².